The van der Waals surface area contributed by atoms with E-state index in [1.807, 2.05) is 0 Å². The standard InChI is InChI=1S/C11H13NO4S/c1-16-10-7-6-8-4-2-3-5-9(8)11(10,12)17(13,14)15/h2-7,10H,12H2,1H3,(H,13,14,15). The molecule has 92 valence electrons. The summed E-state index contributed by atoms with van der Waals surface area (Å²) in [6, 6.07) is 6.72. The van der Waals surface area contributed by atoms with Crippen LogP contribution in [0.4, 0.5) is 0 Å². The Balaban J connectivity index is 2.74. The molecule has 1 aliphatic carbocycles. The van der Waals surface area contributed by atoms with Gasteiger partial charge in [-0.05, 0) is 11.1 Å². The predicted octanol–water partition coefficient (Wildman–Crippen LogP) is 0.728. The molecule has 1 aromatic carbocycles. The second kappa shape index (κ2) is 3.92. The minimum absolute atomic E-state index is 0.330. The van der Waals surface area contributed by atoms with Crippen LogP contribution < -0.4 is 5.73 Å². The van der Waals surface area contributed by atoms with Crippen molar-refractivity contribution in [2.45, 2.75) is 11.0 Å². The van der Waals surface area contributed by atoms with Crippen LogP contribution in [-0.2, 0) is 19.7 Å². The molecular weight excluding hydrogens is 242 g/mol. The maximum absolute atomic E-state index is 11.6. The maximum Gasteiger partial charge on any atom is 0.291 e. The van der Waals surface area contributed by atoms with E-state index in [2.05, 4.69) is 0 Å². The highest BCUT2D eigenvalue weighted by Gasteiger charge is 2.50. The first-order valence-corrected chi connectivity index (χ1v) is 6.41. The lowest BCUT2D eigenvalue weighted by Crippen LogP contribution is -2.55. The van der Waals surface area contributed by atoms with E-state index in [0.29, 0.717) is 11.1 Å². The minimum Gasteiger partial charge on any atom is -0.374 e. The Morgan fingerprint density at radius 1 is 1.41 bits per heavy atom. The van der Waals surface area contributed by atoms with Gasteiger partial charge in [0.1, 0.15) is 6.10 Å². The van der Waals surface area contributed by atoms with Crippen LogP contribution in [0.1, 0.15) is 11.1 Å². The van der Waals surface area contributed by atoms with Crippen LogP contribution in [0.5, 0.6) is 0 Å². The first-order valence-electron chi connectivity index (χ1n) is 4.97. The van der Waals surface area contributed by atoms with Gasteiger partial charge in [0.15, 0.2) is 0 Å². The van der Waals surface area contributed by atoms with Crippen molar-refractivity contribution in [3.63, 3.8) is 0 Å². The fraction of sp³-hybridized carbons (Fsp3) is 0.273. The van der Waals surface area contributed by atoms with Crippen LogP contribution in [0, 0.1) is 0 Å². The second-order valence-corrected chi connectivity index (χ2v) is 5.50. The van der Waals surface area contributed by atoms with Gasteiger partial charge in [-0.2, -0.15) is 8.42 Å². The topological polar surface area (TPSA) is 89.6 Å². The van der Waals surface area contributed by atoms with Gasteiger partial charge in [0, 0.05) is 7.11 Å². The molecule has 0 fully saturated rings. The quantitative estimate of drug-likeness (QED) is 0.760. The molecule has 2 rings (SSSR count). The van der Waals surface area contributed by atoms with Gasteiger partial charge in [-0.25, -0.2) is 0 Å². The molecule has 6 heteroatoms. The molecule has 0 amide bonds. The summed E-state index contributed by atoms with van der Waals surface area (Å²) in [5, 5.41) is 0. The molecule has 5 nitrogen and oxygen atoms in total. The van der Waals surface area contributed by atoms with Crippen molar-refractivity contribution in [2.24, 2.45) is 5.73 Å². The van der Waals surface area contributed by atoms with Crippen molar-refractivity contribution in [2.75, 3.05) is 7.11 Å². The molecule has 0 spiro atoms. The monoisotopic (exact) mass is 255 g/mol. The summed E-state index contributed by atoms with van der Waals surface area (Å²) < 4.78 is 37.5. The van der Waals surface area contributed by atoms with Crippen molar-refractivity contribution in [3.8, 4) is 0 Å². The number of hydrogen-bond donors (Lipinski definition) is 2. The summed E-state index contributed by atoms with van der Waals surface area (Å²) in [5.74, 6) is 0. The van der Waals surface area contributed by atoms with E-state index in [0.717, 1.165) is 0 Å². The van der Waals surface area contributed by atoms with E-state index >= 15 is 0 Å². The SMILES string of the molecule is COC1C=Cc2ccccc2C1(N)S(=O)(=O)O. The van der Waals surface area contributed by atoms with Crippen LogP contribution >= 0.6 is 0 Å². The van der Waals surface area contributed by atoms with Crippen molar-refractivity contribution in [1.82, 2.24) is 0 Å². The summed E-state index contributed by atoms with van der Waals surface area (Å²) >= 11 is 0. The Kier molecular flexibility index (Phi) is 2.82. The third kappa shape index (κ3) is 1.69. The number of methoxy groups -OCH3 is 1. The Bertz CT molecular complexity index is 567. The molecule has 0 bridgehead atoms. The van der Waals surface area contributed by atoms with Gasteiger partial charge in [0.2, 0.25) is 4.87 Å². The van der Waals surface area contributed by atoms with Gasteiger partial charge in [-0.3, -0.25) is 4.55 Å². The molecule has 0 saturated carbocycles. The van der Waals surface area contributed by atoms with Gasteiger partial charge in [0.05, 0.1) is 0 Å². The molecule has 0 radical (unpaired) electrons. The summed E-state index contributed by atoms with van der Waals surface area (Å²) in [5.41, 5.74) is 6.87. The average molecular weight is 255 g/mol. The molecule has 1 aliphatic rings. The smallest absolute Gasteiger partial charge is 0.291 e. The van der Waals surface area contributed by atoms with E-state index < -0.39 is 21.1 Å². The van der Waals surface area contributed by atoms with Crippen LogP contribution in [0.3, 0.4) is 0 Å². The van der Waals surface area contributed by atoms with Crippen LogP contribution in [0.25, 0.3) is 6.08 Å². The highest BCUT2D eigenvalue weighted by Crippen LogP contribution is 2.36. The fourth-order valence-corrected chi connectivity index (χ4v) is 2.96. The number of hydrogen-bond acceptors (Lipinski definition) is 4. The van der Waals surface area contributed by atoms with E-state index in [1.54, 1.807) is 30.3 Å². The Hall–Kier alpha value is -1.21. The van der Waals surface area contributed by atoms with Crippen LogP contribution in [0.2, 0.25) is 0 Å². The molecule has 1 aromatic rings. The lowest BCUT2D eigenvalue weighted by Gasteiger charge is -2.35. The Morgan fingerprint density at radius 3 is 2.65 bits per heavy atom. The van der Waals surface area contributed by atoms with Crippen molar-refractivity contribution >= 4 is 16.2 Å². The summed E-state index contributed by atoms with van der Waals surface area (Å²) in [4.78, 5) is -1.97. The van der Waals surface area contributed by atoms with Crippen LogP contribution in [0.15, 0.2) is 30.3 Å². The lowest BCUT2D eigenvalue weighted by atomic mass is 9.90. The van der Waals surface area contributed by atoms with Gasteiger partial charge in [-0.15, -0.1) is 0 Å². The van der Waals surface area contributed by atoms with E-state index in [-0.39, 0.29) is 0 Å². The molecule has 2 atom stereocenters. The molecule has 3 N–H and O–H groups in total. The average Bonchev–Trinajstić information content (AvgIpc) is 2.28. The zero-order valence-corrected chi connectivity index (χ0v) is 10.0. The van der Waals surface area contributed by atoms with Gasteiger partial charge in [-0.1, -0.05) is 36.4 Å². The molecule has 0 aliphatic heterocycles. The molecule has 0 heterocycles. The molecule has 2 unspecified atom stereocenters. The lowest BCUT2D eigenvalue weighted by molar-refractivity contribution is 0.0979. The Morgan fingerprint density at radius 2 is 2.06 bits per heavy atom. The van der Waals surface area contributed by atoms with Gasteiger partial charge < -0.3 is 10.5 Å². The second-order valence-electron chi connectivity index (χ2n) is 3.87. The summed E-state index contributed by atoms with van der Waals surface area (Å²) in [7, 11) is -3.16. The van der Waals surface area contributed by atoms with E-state index in [1.165, 1.54) is 13.2 Å². The van der Waals surface area contributed by atoms with E-state index in [9.17, 15) is 13.0 Å². The summed E-state index contributed by atoms with van der Waals surface area (Å²) in [6.07, 6.45) is 2.32. The number of benzene rings is 1. The third-order valence-electron chi connectivity index (χ3n) is 2.94. The highest BCUT2D eigenvalue weighted by molar-refractivity contribution is 7.86. The first kappa shape index (κ1) is 12.3. The Labute approximate surface area is 99.6 Å². The third-order valence-corrected chi connectivity index (χ3v) is 4.24. The molecule has 17 heavy (non-hydrogen) atoms. The van der Waals surface area contributed by atoms with Crippen molar-refractivity contribution in [1.29, 1.82) is 0 Å². The number of ether oxygens (including phenoxy) is 1. The van der Waals surface area contributed by atoms with Crippen molar-refractivity contribution < 1.29 is 17.7 Å². The number of fused-ring (bicyclic) bond motifs is 1. The maximum atomic E-state index is 11.6. The molecule has 0 saturated heterocycles. The zero-order valence-electron chi connectivity index (χ0n) is 9.20. The predicted molar refractivity (Wildman–Crippen MR) is 63.7 cm³/mol. The van der Waals surface area contributed by atoms with Crippen LogP contribution in [-0.4, -0.2) is 26.2 Å². The van der Waals surface area contributed by atoms with Gasteiger partial charge in [0.25, 0.3) is 10.1 Å². The summed E-state index contributed by atoms with van der Waals surface area (Å²) in [6.45, 7) is 0. The van der Waals surface area contributed by atoms with Crippen molar-refractivity contribution in [3.05, 3.63) is 41.5 Å². The molecule has 0 aromatic heterocycles. The minimum atomic E-state index is -4.50. The molecular formula is C11H13NO4S. The largest absolute Gasteiger partial charge is 0.374 e. The van der Waals surface area contributed by atoms with Gasteiger partial charge >= 0.3 is 0 Å². The number of rotatable bonds is 2. The fourth-order valence-electron chi connectivity index (χ4n) is 2.02. The van der Waals surface area contributed by atoms with E-state index in [4.69, 9.17) is 10.5 Å². The normalized spacial score (nSPS) is 27.8. The highest BCUT2D eigenvalue weighted by atomic mass is 32.2. The number of nitrogens with two attached hydrogens (primary N) is 1. The first-order chi connectivity index (χ1) is 7.91. The zero-order chi connectivity index (χ0) is 12.7.